The van der Waals surface area contributed by atoms with E-state index in [9.17, 15) is 4.79 Å². The number of rotatable bonds is 5. The zero-order valence-corrected chi connectivity index (χ0v) is 14.8. The molecule has 1 atom stereocenters. The van der Waals surface area contributed by atoms with Crippen molar-refractivity contribution in [3.05, 3.63) is 16.1 Å². The minimum atomic E-state index is 0.0489. The lowest BCUT2D eigenvalue weighted by molar-refractivity contribution is -0.00242. The van der Waals surface area contributed by atoms with E-state index in [1.165, 1.54) is 0 Å². The summed E-state index contributed by atoms with van der Waals surface area (Å²) in [5.74, 6) is 0.605. The number of thiazole rings is 1. The van der Waals surface area contributed by atoms with Crippen molar-refractivity contribution in [2.75, 3.05) is 26.3 Å². The molecule has 0 radical (unpaired) electrons. The second-order valence-corrected chi connectivity index (χ2v) is 7.68. The van der Waals surface area contributed by atoms with Crippen LogP contribution >= 0.6 is 11.3 Å². The summed E-state index contributed by atoms with van der Waals surface area (Å²) in [4.78, 5) is 19.0. The van der Waals surface area contributed by atoms with Gasteiger partial charge in [0.25, 0.3) is 5.91 Å². The number of likely N-dealkylation sites (tertiary alicyclic amines) is 1. The molecule has 0 N–H and O–H groups in total. The van der Waals surface area contributed by atoms with Gasteiger partial charge in [0.15, 0.2) is 0 Å². The molecule has 128 valence electrons. The Morgan fingerprint density at radius 1 is 1.43 bits per heavy atom. The first kappa shape index (κ1) is 16.9. The molecule has 0 saturated carbocycles. The first-order valence-corrected chi connectivity index (χ1v) is 9.49. The van der Waals surface area contributed by atoms with E-state index in [2.05, 4.69) is 18.8 Å². The molecule has 0 bridgehead atoms. The van der Waals surface area contributed by atoms with Gasteiger partial charge in [-0.25, -0.2) is 4.98 Å². The number of ether oxygens (including phenoxy) is 2. The summed E-state index contributed by atoms with van der Waals surface area (Å²) in [6.07, 6.45) is 4.32. The van der Waals surface area contributed by atoms with Gasteiger partial charge in [0.2, 0.25) is 0 Å². The normalized spacial score (nSPS) is 22.9. The number of amides is 1. The largest absolute Gasteiger partial charge is 0.378 e. The average molecular weight is 338 g/mol. The fourth-order valence-electron chi connectivity index (χ4n) is 3.02. The molecule has 2 fully saturated rings. The minimum absolute atomic E-state index is 0.0489. The summed E-state index contributed by atoms with van der Waals surface area (Å²) < 4.78 is 11.5. The maximum absolute atomic E-state index is 12.6. The van der Waals surface area contributed by atoms with Crippen LogP contribution in [0.25, 0.3) is 0 Å². The SMILES string of the molecule is CC(C)COC1CCN(C(=O)c2csc(C3CCCO3)n2)CC1. The number of aromatic nitrogens is 1. The number of piperidine rings is 1. The van der Waals surface area contributed by atoms with E-state index in [4.69, 9.17) is 9.47 Å². The van der Waals surface area contributed by atoms with Gasteiger partial charge in [0, 0.05) is 31.7 Å². The van der Waals surface area contributed by atoms with Crippen LogP contribution in [0.4, 0.5) is 0 Å². The van der Waals surface area contributed by atoms with Crippen molar-refractivity contribution in [3.63, 3.8) is 0 Å². The third kappa shape index (κ3) is 4.31. The van der Waals surface area contributed by atoms with Crippen LogP contribution in [0.5, 0.6) is 0 Å². The van der Waals surface area contributed by atoms with Crippen LogP contribution in [-0.2, 0) is 9.47 Å². The Morgan fingerprint density at radius 2 is 2.22 bits per heavy atom. The highest BCUT2D eigenvalue weighted by Gasteiger charge is 2.27. The van der Waals surface area contributed by atoms with Gasteiger partial charge in [0.05, 0.1) is 6.10 Å². The topological polar surface area (TPSA) is 51.7 Å². The van der Waals surface area contributed by atoms with Crippen LogP contribution in [0.15, 0.2) is 5.38 Å². The number of carbonyl (C=O) groups is 1. The quantitative estimate of drug-likeness (QED) is 0.827. The number of hydrogen-bond donors (Lipinski definition) is 0. The summed E-state index contributed by atoms with van der Waals surface area (Å²) >= 11 is 1.54. The molecule has 2 saturated heterocycles. The molecule has 0 spiro atoms. The molecule has 2 aliphatic rings. The summed E-state index contributed by atoms with van der Waals surface area (Å²) in [5.41, 5.74) is 0.571. The van der Waals surface area contributed by atoms with E-state index in [0.29, 0.717) is 17.7 Å². The molecule has 2 aliphatic heterocycles. The van der Waals surface area contributed by atoms with Crippen molar-refractivity contribution in [2.24, 2.45) is 5.92 Å². The Kier molecular flexibility index (Phi) is 5.67. The van der Waals surface area contributed by atoms with Gasteiger partial charge < -0.3 is 14.4 Å². The highest BCUT2D eigenvalue weighted by atomic mass is 32.1. The minimum Gasteiger partial charge on any atom is -0.378 e. The van der Waals surface area contributed by atoms with Gasteiger partial charge in [-0.2, -0.15) is 0 Å². The summed E-state index contributed by atoms with van der Waals surface area (Å²) in [6.45, 7) is 7.44. The Morgan fingerprint density at radius 3 is 2.87 bits per heavy atom. The molecular formula is C17H26N2O3S. The van der Waals surface area contributed by atoms with Gasteiger partial charge in [-0.15, -0.1) is 11.3 Å². The first-order chi connectivity index (χ1) is 11.1. The van der Waals surface area contributed by atoms with E-state index >= 15 is 0 Å². The van der Waals surface area contributed by atoms with Crippen LogP contribution in [0.2, 0.25) is 0 Å². The van der Waals surface area contributed by atoms with E-state index in [-0.39, 0.29) is 12.0 Å². The third-order valence-electron chi connectivity index (χ3n) is 4.34. The molecule has 3 rings (SSSR count). The predicted molar refractivity (Wildman–Crippen MR) is 89.8 cm³/mol. The molecule has 0 aromatic carbocycles. The Hall–Kier alpha value is -0.980. The molecular weight excluding hydrogens is 312 g/mol. The van der Waals surface area contributed by atoms with E-state index in [1.54, 1.807) is 11.3 Å². The summed E-state index contributed by atoms with van der Waals surface area (Å²) in [6, 6.07) is 0. The highest BCUT2D eigenvalue weighted by molar-refractivity contribution is 7.09. The maximum atomic E-state index is 12.6. The molecule has 6 heteroatoms. The van der Waals surface area contributed by atoms with Gasteiger partial charge >= 0.3 is 0 Å². The highest BCUT2D eigenvalue weighted by Crippen LogP contribution is 2.31. The second-order valence-electron chi connectivity index (χ2n) is 6.79. The van der Waals surface area contributed by atoms with Gasteiger partial charge in [-0.3, -0.25) is 4.79 Å². The van der Waals surface area contributed by atoms with E-state index in [1.807, 2.05) is 10.3 Å². The zero-order chi connectivity index (χ0) is 16.2. The standard InChI is InChI=1S/C17H26N2O3S/c1-12(2)10-22-13-5-7-19(8-6-13)17(20)14-11-23-16(18-14)15-4-3-9-21-15/h11-13,15H,3-10H2,1-2H3. The maximum Gasteiger partial charge on any atom is 0.273 e. The molecule has 3 heterocycles. The Balaban J connectivity index is 1.51. The summed E-state index contributed by atoms with van der Waals surface area (Å²) in [5, 5.41) is 2.82. The van der Waals surface area contributed by atoms with Crippen LogP contribution in [-0.4, -0.2) is 48.2 Å². The lowest BCUT2D eigenvalue weighted by Crippen LogP contribution is -2.41. The number of hydrogen-bond acceptors (Lipinski definition) is 5. The fourth-order valence-corrected chi connectivity index (χ4v) is 3.90. The molecule has 1 amide bonds. The van der Waals surface area contributed by atoms with Crippen LogP contribution < -0.4 is 0 Å². The van der Waals surface area contributed by atoms with Gasteiger partial charge in [-0.1, -0.05) is 13.8 Å². The molecule has 1 aromatic heterocycles. The van der Waals surface area contributed by atoms with Gasteiger partial charge in [0.1, 0.15) is 16.8 Å². The van der Waals surface area contributed by atoms with Crippen molar-refractivity contribution in [3.8, 4) is 0 Å². The second kappa shape index (κ2) is 7.73. The van der Waals surface area contributed by atoms with Gasteiger partial charge in [-0.05, 0) is 31.6 Å². The van der Waals surface area contributed by atoms with E-state index < -0.39 is 0 Å². The first-order valence-electron chi connectivity index (χ1n) is 8.61. The van der Waals surface area contributed by atoms with Crippen LogP contribution in [0.1, 0.15) is 61.1 Å². The molecule has 23 heavy (non-hydrogen) atoms. The average Bonchev–Trinajstić information content (AvgIpc) is 3.23. The molecule has 1 aromatic rings. The van der Waals surface area contributed by atoms with Crippen molar-refractivity contribution in [2.45, 2.75) is 51.7 Å². The van der Waals surface area contributed by atoms with Crippen molar-refractivity contribution in [1.29, 1.82) is 0 Å². The lowest BCUT2D eigenvalue weighted by Gasteiger charge is -2.31. The molecule has 5 nitrogen and oxygen atoms in total. The molecule has 0 aliphatic carbocycles. The van der Waals surface area contributed by atoms with E-state index in [0.717, 1.165) is 57.0 Å². The van der Waals surface area contributed by atoms with Crippen molar-refractivity contribution < 1.29 is 14.3 Å². The predicted octanol–water partition coefficient (Wildman–Crippen LogP) is 3.27. The summed E-state index contributed by atoms with van der Waals surface area (Å²) in [7, 11) is 0. The Bertz CT molecular complexity index is 518. The van der Waals surface area contributed by atoms with Crippen molar-refractivity contribution in [1.82, 2.24) is 9.88 Å². The van der Waals surface area contributed by atoms with Crippen LogP contribution in [0, 0.1) is 5.92 Å². The van der Waals surface area contributed by atoms with Crippen LogP contribution in [0.3, 0.4) is 0 Å². The third-order valence-corrected chi connectivity index (χ3v) is 5.28. The molecule has 1 unspecified atom stereocenters. The monoisotopic (exact) mass is 338 g/mol. The Labute approximate surface area is 142 Å². The number of carbonyl (C=O) groups excluding carboxylic acids is 1. The number of nitrogens with zero attached hydrogens (tertiary/aromatic N) is 2. The lowest BCUT2D eigenvalue weighted by atomic mass is 10.1. The smallest absolute Gasteiger partial charge is 0.273 e. The zero-order valence-electron chi connectivity index (χ0n) is 14.0. The van der Waals surface area contributed by atoms with Crippen molar-refractivity contribution >= 4 is 17.2 Å². The fraction of sp³-hybridized carbons (Fsp3) is 0.765.